The van der Waals surface area contributed by atoms with Crippen LogP contribution in [0.2, 0.25) is 0 Å². The van der Waals surface area contributed by atoms with E-state index in [0.717, 1.165) is 36.4 Å². The van der Waals surface area contributed by atoms with Gasteiger partial charge in [-0.3, -0.25) is 0 Å². The second kappa shape index (κ2) is 6.88. The van der Waals surface area contributed by atoms with Crippen molar-refractivity contribution in [1.82, 2.24) is 4.90 Å². The zero-order valence-electron chi connectivity index (χ0n) is 12.5. The Morgan fingerprint density at radius 2 is 2.05 bits per heavy atom. The van der Waals surface area contributed by atoms with E-state index < -0.39 is 0 Å². The molecular formula is C16H24N2O2. The third kappa shape index (κ3) is 4.07. The van der Waals surface area contributed by atoms with Gasteiger partial charge in [-0.15, -0.1) is 0 Å². The van der Waals surface area contributed by atoms with Gasteiger partial charge in [0.1, 0.15) is 11.3 Å². The fraction of sp³-hybridized carbons (Fsp3) is 0.500. The molecule has 2 N–H and O–H groups in total. The molecule has 0 radical (unpaired) electrons. The first-order chi connectivity index (χ1) is 9.56. The summed E-state index contributed by atoms with van der Waals surface area (Å²) in [7, 11) is 2.05. The van der Waals surface area contributed by atoms with Gasteiger partial charge >= 0.3 is 0 Å². The number of para-hydroxylation sites is 1. The SMILES string of the molecule is CC(C)OCCN(C)CC(N)c1cc2ccccc2o1. The van der Waals surface area contributed by atoms with Crippen molar-refractivity contribution in [2.45, 2.75) is 26.0 Å². The molecule has 2 aromatic rings. The van der Waals surface area contributed by atoms with E-state index in [1.165, 1.54) is 0 Å². The maximum absolute atomic E-state index is 6.22. The summed E-state index contributed by atoms with van der Waals surface area (Å²) in [6.07, 6.45) is 0.271. The molecule has 0 saturated heterocycles. The van der Waals surface area contributed by atoms with Crippen LogP contribution in [0.5, 0.6) is 0 Å². The van der Waals surface area contributed by atoms with Crippen LogP contribution < -0.4 is 5.73 Å². The molecule has 0 spiro atoms. The van der Waals surface area contributed by atoms with Gasteiger partial charge in [-0.1, -0.05) is 18.2 Å². The molecule has 0 aliphatic rings. The molecule has 4 nitrogen and oxygen atoms in total. The number of nitrogens with zero attached hydrogens (tertiary/aromatic N) is 1. The van der Waals surface area contributed by atoms with Crippen LogP contribution in [-0.4, -0.2) is 37.7 Å². The number of fused-ring (bicyclic) bond motifs is 1. The van der Waals surface area contributed by atoms with Crippen LogP contribution in [0.15, 0.2) is 34.7 Å². The summed E-state index contributed by atoms with van der Waals surface area (Å²) in [6.45, 7) is 6.43. The number of ether oxygens (including phenoxy) is 1. The molecule has 1 aromatic heterocycles. The van der Waals surface area contributed by atoms with Crippen molar-refractivity contribution < 1.29 is 9.15 Å². The Labute approximate surface area is 120 Å². The lowest BCUT2D eigenvalue weighted by Gasteiger charge is -2.20. The predicted molar refractivity (Wildman–Crippen MR) is 81.7 cm³/mol. The number of hydrogen-bond acceptors (Lipinski definition) is 4. The van der Waals surface area contributed by atoms with E-state index in [0.29, 0.717) is 0 Å². The quantitative estimate of drug-likeness (QED) is 0.845. The lowest BCUT2D eigenvalue weighted by atomic mass is 10.2. The van der Waals surface area contributed by atoms with E-state index in [4.69, 9.17) is 14.9 Å². The molecule has 1 atom stereocenters. The third-order valence-corrected chi connectivity index (χ3v) is 3.24. The van der Waals surface area contributed by atoms with Crippen molar-refractivity contribution in [2.75, 3.05) is 26.7 Å². The van der Waals surface area contributed by atoms with E-state index >= 15 is 0 Å². The highest BCUT2D eigenvalue weighted by Crippen LogP contribution is 2.22. The zero-order chi connectivity index (χ0) is 14.5. The van der Waals surface area contributed by atoms with Crippen LogP contribution in [0.4, 0.5) is 0 Å². The first kappa shape index (κ1) is 15.0. The molecule has 0 amide bonds. The Kier molecular flexibility index (Phi) is 5.17. The van der Waals surface area contributed by atoms with Crippen LogP contribution in [0, 0.1) is 0 Å². The summed E-state index contributed by atoms with van der Waals surface area (Å²) in [5.74, 6) is 0.836. The smallest absolute Gasteiger partial charge is 0.134 e. The first-order valence-corrected chi connectivity index (χ1v) is 7.10. The minimum absolute atomic E-state index is 0.119. The fourth-order valence-electron chi connectivity index (χ4n) is 2.15. The third-order valence-electron chi connectivity index (χ3n) is 3.24. The van der Waals surface area contributed by atoms with Gasteiger partial charge in [-0.05, 0) is 33.0 Å². The van der Waals surface area contributed by atoms with Gasteiger partial charge in [0, 0.05) is 18.5 Å². The van der Waals surface area contributed by atoms with E-state index in [9.17, 15) is 0 Å². The molecule has 0 aliphatic heterocycles. The van der Waals surface area contributed by atoms with Crippen molar-refractivity contribution >= 4 is 11.0 Å². The lowest BCUT2D eigenvalue weighted by molar-refractivity contribution is 0.0626. The molecule has 0 bridgehead atoms. The van der Waals surface area contributed by atoms with Gasteiger partial charge in [-0.25, -0.2) is 0 Å². The highest BCUT2D eigenvalue weighted by atomic mass is 16.5. The minimum atomic E-state index is -0.119. The molecule has 2 rings (SSSR count). The van der Waals surface area contributed by atoms with Crippen molar-refractivity contribution in [3.8, 4) is 0 Å². The first-order valence-electron chi connectivity index (χ1n) is 7.10. The molecule has 0 saturated carbocycles. The second-order valence-corrected chi connectivity index (χ2v) is 5.47. The van der Waals surface area contributed by atoms with Crippen LogP contribution in [-0.2, 0) is 4.74 Å². The van der Waals surface area contributed by atoms with Gasteiger partial charge < -0.3 is 19.8 Å². The van der Waals surface area contributed by atoms with Gasteiger partial charge in [0.25, 0.3) is 0 Å². The number of hydrogen-bond donors (Lipinski definition) is 1. The number of rotatable bonds is 7. The molecule has 1 unspecified atom stereocenters. The molecule has 1 heterocycles. The summed E-state index contributed by atoms with van der Waals surface area (Å²) < 4.78 is 11.3. The molecular weight excluding hydrogens is 252 g/mol. The Balaban J connectivity index is 1.89. The van der Waals surface area contributed by atoms with Gasteiger partial charge in [0.05, 0.1) is 18.8 Å². The van der Waals surface area contributed by atoms with E-state index in [2.05, 4.69) is 4.90 Å². The van der Waals surface area contributed by atoms with Gasteiger partial charge in [-0.2, -0.15) is 0 Å². The molecule has 4 heteroatoms. The summed E-state index contributed by atoms with van der Waals surface area (Å²) in [5.41, 5.74) is 7.11. The second-order valence-electron chi connectivity index (χ2n) is 5.47. The average molecular weight is 276 g/mol. The topological polar surface area (TPSA) is 51.6 Å². The van der Waals surface area contributed by atoms with Crippen LogP contribution in [0.3, 0.4) is 0 Å². The van der Waals surface area contributed by atoms with Gasteiger partial charge in [0.15, 0.2) is 0 Å². The maximum Gasteiger partial charge on any atom is 0.134 e. The van der Waals surface area contributed by atoms with Crippen molar-refractivity contribution in [1.29, 1.82) is 0 Å². The van der Waals surface area contributed by atoms with Crippen LogP contribution in [0.25, 0.3) is 11.0 Å². The standard InChI is InChI=1S/C16H24N2O2/c1-12(2)19-9-8-18(3)11-14(17)16-10-13-6-4-5-7-15(13)20-16/h4-7,10,12,14H,8-9,11,17H2,1-3H3. The Morgan fingerprint density at radius 1 is 1.30 bits per heavy atom. The number of likely N-dealkylation sites (N-methyl/N-ethyl adjacent to an activating group) is 1. The monoisotopic (exact) mass is 276 g/mol. The highest BCUT2D eigenvalue weighted by Gasteiger charge is 2.14. The largest absolute Gasteiger partial charge is 0.459 e. The average Bonchev–Trinajstić information content (AvgIpc) is 2.82. The van der Waals surface area contributed by atoms with Crippen LogP contribution >= 0.6 is 0 Å². The Bertz CT molecular complexity index is 503. The molecule has 20 heavy (non-hydrogen) atoms. The minimum Gasteiger partial charge on any atom is -0.459 e. The van der Waals surface area contributed by atoms with E-state index in [1.807, 2.05) is 51.2 Å². The summed E-state index contributed by atoms with van der Waals surface area (Å²) in [4.78, 5) is 2.17. The number of nitrogens with two attached hydrogens (primary N) is 1. The molecule has 110 valence electrons. The molecule has 0 aliphatic carbocycles. The summed E-state index contributed by atoms with van der Waals surface area (Å²) >= 11 is 0. The maximum atomic E-state index is 6.22. The normalized spacial score (nSPS) is 13.5. The van der Waals surface area contributed by atoms with E-state index in [1.54, 1.807) is 0 Å². The molecule has 0 fully saturated rings. The number of benzene rings is 1. The Hall–Kier alpha value is -1.36. The molecule has 1 aromatic carbocycles. The van der Waals surface area contributed by atoms with E-state index in [-0.39, 0.29) is 12.1 Å². The predicted octanol–water partition coefficient (Wildman–Crippen LogP) is 2.79. The highest BCUT2D eigenvalue weighted by molar-refractivity contribution is 5.77. The van der Waals surface area contributed by atoms with Gasteiger partial charge in [0.2, 0.25) is 0 Å². The summed E-state index contributed by atoms with van der Waals surface area (Å²) in [5, 5.41) is 1.10. The summed E-state index contributed by atoms with van der Waals surface area (Å²) in [6, 6.07) is 9.88. The zero-order valence-corrected chi connectivity index (χ0v) is 12.5. The Morgan fingerprint density at radius 3 is 2.75 bits per heavy atom. The van der Waals surface area contributed by atoms with Crippen LogP contribution in [0.1, 0.15) is 25.6 Å². The van der Waals surface area contributed by atoms with Crippen molar-refractivity contribution in [3.63, 3.8) is 0 Å². The lowest BCUT2D eigenvalue weighted by Crippen LogP contribution is -2.31. The fourth-order valence-corrected chi connectivity index (χ4v) is 2.15. The van der Waals surface area contributed by atoms with Crippen molar-refractivity contribution in [2.24, 2.45) is 5.73 Å². The number of furan rings is 1. The van der Waals surface area contributed by atoms with Crippen molar-refractivity contribution in [3.05, 3.63) is 36.1 Å².